The predicted molar refractivity (Wildman–Crippen MR) is 66.2 cm³/mol. The highest BCUT2D eigenvalue weighted by Gasteiger charge is 2.30. The van der Waals surface area contributed by atoms with Gasteiger partial charge in [-0.15, -0.1) is 0 Å². The van der Waals surface area contributed by atoms with Gasteiger partial charge in [-0.05, 0) is 23.6 Å². The second kappa shape index (κ2) is 6.06. The van der Waals surface area contributed by atoms with Gasteiger partial charge < -0.3 is 11.1 Å². The highest BCUT2D eigenvalue weighted by molar-refractivity contribution is 5.75. The molecule has 1 aromatic carbocycles. The van der Waals surface area contributed by atoms with E-state index in [9.17, 15) is 18.0 Å². The number of benzene rings is 1. The highest BCUT2D eigenvalue weighted by Crippen LogP contribution is 2.30. The molecule has 0 spiro atoms. The maximum absolute atomic E-state index is 12.5. The molecule has 6 heteroatoms. The van der Waals surface area contributed by atoms with Crippen LogP contribution < -0.4 is 11.1 Å². The number of hydrogen-bond acceptors (Lipinski definition) is 2. The SMILES string of the molecule is CC(C)C(NCC(N)=O)c1ccc(C(F)(F)F)cc1. The van der Waals surface area contributed by atoms with Crippen LogP contribution in [0.15, 0.2) is 24.3 Å². The molecule has 0 aliphatic rings. The molecule has 1 aromatic rings. The fourth-order valence-corrected chi connectivity index (χ4v) is 1.83. The van der Waals surface area contributed by atoms with Crippen LogP contribution in [0.2, 0.25) is 0 Å². The van der Waals surface area contributed by atoms with E-state index in [0.717, 1.165) is 12.1 Å². The number of halogens is 3. The molecule has 1 unspecified atom stereocenters. The summed E-state index contributed by atoms with van der Waals surface area (Å²) >= 11 is 0. The van der Waals surface area contributed by atoms with E-state index in [4.69, 9.17) is 5.73 Å². The first kappa shape index (κ1) is 15.5. The lowest BCUT2D eigenvalue weighted by molar-refractivity contribution is -0.137. The average Bonchev–Trinajstić information content (AvgIpc) is 2.27. The zero-order valence-corrected chi connectivity index (χ0v) is 10.8. The number of nitrogens with two attached hydrogens (primary N) is 1. The van der Waals surface area contributed by atoms with Gasteiger partial charge in [0.1, 0.15) is 0 Å². The van der Waals surface area contributed by atoms with Crippen molar-refractivity contribution in [1.82, 2.24) is 5.32 Å². The van der Waals surface area contributed by atoms with Crippen molar-refractivity contribution in [3.05, 3.63) is 35.4 Å². The van der Waals surface area contributed by atoms with Crippen molar-refractivity contribution >= 4 is 5.91 Å². The van der Waals surface area contributed by atoms with Gasteiger partial charge in [-0.25, -0.2) is 0 Å². The molecule has 0 radical (unpaired) electrons. The normalized spacial score (nSPS) is 13.6. The second-order valence-electron chi connectivity index (χ2n) is 4.69. The van der Waals surface area contributed by atoms with Gasteiger partial charge in [0.2, 0.25) is 5.91 Å². The van der Waals surface area contributed by atoms with E-state index >= 15 is 0 Å². The molecular weight excluding hydrogens is 257 g/mol. The van der Waals surface area contributed by atoms with Crippen LogP contribution in [0.3, 0.4) is 0 Å². The molecule has 0 bridgehead atoms. The summed E-state index contributed by atoms with van der Waals surface area (Å²) in [6, 6.07) is 4.70. The van der Waals surface area contributed by atoms with E-state index < -0.39 is 17.6 Å². The molecule has 3 nitrogen and oxygen atoms in total. The van der Waals surface area contributed by atoms with Crippen LogP contribution in [0.5, 0.6) is 0 Å². The molecule has 1 atom stereocenters. The molecular formula is C13H17F3N2O. The second-order valence-corrected chi connectivity index (χ2v) is 4.69. The Morgan fingerprint density at radius 3 is 2.16 bits per heavy atom. The largest absolute Gasteiger partial charge is 0.416 e. The summed E-state index contributed by atoms with van der Waals surface area (Å²) in [6.45, 7) is 3.82. The minimum atomic E-state index is -4.34. The number of nitrogens with one attached hydrogen (secondary N) is 1. The van der Waals surface area contributed by atoms with Gasteiger partial charge in [0, 0.05) is 6.04 Å². The smallest absolute Gasteiger partial charge is 0.369 e. The lowest BCUT2D eigenvalue weighted by atomic mass is 9.95. The molecule has 0 aromatic heterocycles. The molecule has 0 aliphatic carbocycles. The third-order valence-electron chi connectivity index (χ3n) is 2.76. The fraction of sp³-hybridized carbons (Fsp3) is 0.462. The number of amides is 1. The number of rotatable bonds is 5. The first-order valence-electron chi connectivity index (χ1n) is 5.90. The molecule has 0 saturated carbocycles. The van der Waals surface area contributed by atoms with Crippen molar-refractivity contribution < 1.29 is 18.0 Å². The van der Waals surface area contributed by atoms with E-state index in [0.29, 0.717) is 5.56 Å². The van der Waals surface area contributed by atoms with Gasteiger partial charge in [0.15, 0.2) is 0 Å². The van der Waals surface area contributed by atoms with E-state index in [2.05, 4.69) is 5.32 Å². The Balaban J connectivity index is 2.88. The molecule has 1 amide bonds. The van der Waals surface area contributed by atoms with Crippen molar-refractivity contribution in [2.24, 2.45) is 11.7 Å². The Kier molecular flexibility index (Phi) is 4.94. The number of primary amides is 1. The Hall–Kier alpha value is -1.56. The van der Waals surface area contributed by atoms with Crippen LogP contribution in [-0.4, -0.2) is 12.5 Å². The zero-order valence-electron chi connectivity index (χ0n) is 10.8. The lowest BCUT2D eigenvalue weighted by Crippen LogP contribution is -2.34. The van der Waals surface area contributed by atoms with Crippen molar-refractivity contribution in [3.8, 4) is 0 Å². The van der Waals surface area contributed by atoms with Crippen molar-refractivity contribution in [2.45, 2.75) is 26.1 Å². The zero-order chi connectivity index (χ0) is 14.6. The highest BCUT2D eigenvalue weighted by atomic mass is 19.4. The summed E-state index contributed by atoms with van der Waals surface area (Å²) in [6.07, 6.45) is -4.34. The van der Waals surface area contributed by atoms with E-state index in [-0.39, 0.29) is 18.5 Å². The third-order valence-corrected chi connectivity index (χ3v) is 2.76. The molecule has 3 N–H and O–H groups in total. The average molecular weight is 274 g/mol. The van der Waals surface area contributed by atoms with Crippen LogP contribution in [0.1, 0.15) is 31.0 Å². The minimum absolute atomic E-state index is 0.0101. The third kappa shape index (κ3) is 4.55. The maximum atomic E-state index is 12.5. The van der Waals surface area contributed by atoms with Crippen LogP contribution in [0.25, 0.3) is 0 Å². The van der Waals surface area contributed by atoms with Gasteiger partial charge in [0.05, 0.1) is 12.1 Å². The van der Waals surface area contributed by atoms with Crippen LogP contribution in [0.4, 0.5) is 13.2 Å². The number of hydrogen-bond donors (Lipinski definition) is 2. The molecule has 106 valence electrons. The summed E-state index contributed by atoms with van der Waals surface area (Å²) in [5.41, 5.74) is 5.06. The van der Waals surface area contributed by atoms with Gasteiger partial charge in [0.25, 0.3) is 0 Å². The van der Waals surface area contributed by atoms with Crippen molar-refractivity contribution in [2.75, 3.05) is 6.54 Å². The molecule has 0 fully saturated rings. The first-order chi connectivity index (χ1) is 8.71. The maximum Gasteiger partial charge on any atom is 0.416 e. The van der Waals surface area contributed by atoms with E-state index in [1.165, 1.54) is 12.1 Å². The summed E-state index contributed by atoms with van der Waals surface area (Å²) in [5, 5.41) is 2.94. The molecule has 19 heavy (non-hydrogen) atoms. The van der Waals surface area contributed by atoms with Crippen LogP contribution in [-0.2, 0) is 11.0 Å². The topological polar surface area (TPSA) is 55.1 Å². The summed E-state index contributed by atoms with van der Waals surface area (Å²) < 4.78 is 37.4. The molecule has 0 aliphatic heterocycles. The Morgan fingerprint density at radius 2 is 1.79 bits per heavy atom. The Bertz CT molecular complexity index is 427. The minimum Gasteiger partial charge on any atom is -0.369 e. The Morgan fingerprint density at radius 1 is 1.26 bits per heavy atom. The summed E-state index contributed by atoms with van der Waals surface area (Å²) in [7, 11) is 0. The van der Waals surface area contributed by atoms with Crippen molar-refractivity contribution in [3.63, 3.8) is 0 Å². The van der Waals surface area contributed by atoms with Gasteiger partial charge in [-0.3, -0.25) is 4.79 Å². The van der Waals surface area contributed by atoms with Gasteiger partial charge in [-0.2, -0.15) is 13.2 Å². The predicted octanol–water partition coefficient (Wildman–Crippen LogP) is 2.48. The monoisotopic (exact) mass is 274 g/mol. The number of alkyl halides is 3. The fourth-order valence-electron chi connectivity index (χ4n) is 1.83. The van der Waals surface area contributed by atoms with E-state index in [1.807, 2.05) is 13.8 Å². The van der Waals surface area contributed by atoms with Gasteiger partial charge >= 0.3 is 6.18 Å². The molecule has 1 rings (SSSR count). The quantitative estimate of drug-likeness (QED) is 0.866. The number of carbonyl (C=O) groups is 1. The van der Waals surface area contributed by atoms with E-state index in [1.54, 1.807) is 0 Å². The first-order valence-corrected chi connectivity index (χ1v) is 5.90. The molecule has 0 heterocycles. The van der Waals surface area contributed by atoms with Gasteiger partial charge in [-0.1, -0.05) is 26.0 Å². The summed E-state index contributed by atoms with van der Waals surface area (Å²) in [5.74, 6) is -0.381. The lowest BCUT2D eigenvalue weighted by Gasteiger charge is -2.22. The Labute approximate surface area is 110 Å². The van der Waals surface area contributed by atoms with Crippen molar-refractivity contribution in [1.29, 1.82) is 0 Å². The summed E-state index contributed by atoms with van der Waals surface area (Å²) in [4.78, 5) is 10.8. The van der Waals surface area contributed by atoms with Crippen LogP contribution >= 0.6 is 0 Å². The van der Waals surface area contributed by atoms with Crippen LogP contribution in [0, 0.1) is 5.92 Å². The standard InChI is InChI=1S/C13H17F3N2O/c1-8(2)12(18-7-11(17)19)9-3-5-10(6-4-9)13(14,15)16/h3-6,8,12,18H,7H2,1-2H3,(H2,17,19). The molecule has 0 saturated heterocycles. The number of carbonyl (C=O) groups excluding carboxylic acids is 1.